The fourth-order valence-corrected chi connectivity index (χ4v) is 7.56. The zero-order valence-corrected chi connectivity index (χ0v) is 26.5. The Bertz CT molecular complexity index is 2530. The Labute approximate surface area is 281 Å². The molecule has 0 aliphatic rings. The molecule has 0 radical (unpaired) electrons. The van der Waals surface area contributed by atoms with Crippen LogP contribution in [0.2, 0.25) is 0 Å². The van der Waals surface area contributed by atoms with Gasteiger partial charge in [-0.3, -0.25) is 0 Å². The van der Waals surface area contributed by atoms with E-state index in [4.69, 9.17) is 0 Å². The Morgan fingerprint density at radius 3 is 1.27 bits per heavy atom. The lowest BCUT2D eigenvalue weighted by molar-refractivity contribution is 1.57. The van der Waals surface area contributed by atoms with Crippen LogP contribution >= 0.6 is 0 Å². The molecule has 0 atom stereocenters. The van der Waals surface area contributed by atoms with Crippen LogP contribution < -0.4 is 0 Å². The molecule has 9 aromatic rings. The number of hydrogen-bond donors (Lipinski definition) is 0. The van der Waals surface area contributed by atoms with Crippen molar-refractivity contribution in [2.75, 3.05) is 0 Å². The molecule has 0 saturated carbocycles. The predicted octanol–water partition coefficient (Wildman–Crippen LogP) is 13.5. The van der Waals surface area contributed by atoms with Crippen LogP contribution in [0.15, 0.2) is 194 Å². The lowest BCUT2D eigenvalue weighted by atomic mass is 9.83. The van der Waals surface area contributed by atoms with Crippen molar-refractivity contribution in [3.05, 3.63) is 194 Å². The SMILES string of the molecule is c1ccc(-c2ccc(-c3c4ccccc4c(-c4ccccc4)c4ccccc34)cc2-c2ccccc2-c2cccc3ccccc23)cc1. The van der Waals surface area contributed by atoms with E-state index in [1.165, 1.54) is 88.0 Å². The first-order valence-electron chi connectivity index (χ1n) is 16.6. The highest BCUT2D eigenvalue weighted by Gasteiger charge is 2.19. The first-order chi connectivity index (χ1) is 23.8. The van der Waals surface area contributed by atoms with Crippen LogP contribution in [0.5, 0.6) is 0 Å². The number of fused-ring (bicyclic) bond motifs is 3. The number of hydrogen-bond acceptors (Lipinski definition) is 0. The molecule has 0 aliphatic heterocycles. The van der Waals surface area contributed by atoms with Crippen LogP contribution in [-0.2, 0) is 0 Å². The largest absolute Gasteiger partial charge is 0.0622 e. The van der Waals surface area contributed by atoms with E-state index in [-0.39, 0.29) is 0 Å². The third-order valence-electron chi connectivity index (χ3n) is 9.68. The molecule has 0 amide bonds. The van der Waals surface area contributed by atoms with Crippen molar-refractivity contribution >= 4 is 32.3 Å². The van der Waals surface area contributed by atoms with E-state index < -0.39 is 0 Å². The summed E-state index contributed by atoms with van der Waals surface area (Å²) in [6.45, 7) is 0. The van der Waals surface area contributed by atoms with Gasteiger partial charge >= 0.3 is 0 Å². The molecule has 48 heavy (non-hydrogen) atoms. The Kier molecular flexibility index (Phi) is 6.91. The molecule has 0 heteroatoms. The Morgan fingerprint density at radius 1 is 0.208 bits per heavy atom. The molecule has 9 rings (SSSR count). The van der Waals surface area contributed by atoms with Gasteiger partial charge in [0, 0.05) is 0 Å². The predicted molar refractivity (Wildman–Crippen MR) is 206 cm³/mol. The minimum atomic E-state index is 1.21. The molecule has 0 spiro atoms. The van der Waals surface area contributed by atoms with Crippen molar-refractivity contribution in [2.24, 2.45) is 0 Å². The highest BCUT2D eigenvalue weighted by molar-refractivity contribution is 6.21. The second-order valence-electron chi connectivity index (χ2n) is 12.4. The summed E-state index contributed by atoms with van der Waals surface area (Å²) in [7, 11) is 0. The lowest BCUT2D eigenvalue weighted by Crippen LogP contribution is -1.93. The van der Waals surface area contributed by atoms with Gasteiger partial charge in [0.1, 0.15) is 0 Å². The van der Waals surface area contributed by atoms with E-state index >= 15 is 0 Å². The zero-order valence-electron chi connectivity index (χ0n) is 26.5. The Balaban J connectivity index is 1.36. The summed E-state index contributed by atoms with van der Waals surface area (Å²) >= 11 is 0. The van der Waals surface area contributed by atoms with Gasteiger partial charge in [0.2, 0.25) is 0 Å². The quantitative estimate of drug-likeness (QED) is 0.171. The maximum atomic E-state index is 2.43. The molecule has 0 saturated heterocycles. The summed E-state index contributed by atoms with van der Waals surface area (Å²) in [6.07, 6.45) is 0. The Hall–Kier alpha value is -6.24. The van der Waals surface area contributed by atoms with E-state index in [1.54, 1.807) is 0 Å². The second-order valence-corrected chi connectivity index (χ2v) is 12.4. The monoisotopic (exact) mass is 608 g/mol. The van der Waals surface area contributed by atoms with Crippen molar-refractivity contribution in [3.63, 3.8) is 0 Å². The lowest BCUT2D eigenvalue weighted by Gasteiger charge is -2.20. The van der Waals surface area contributed by atoms with E-state index in [2.05, 4.69) is 194 Å². The van der Waals surface area contributed by atoms with Crippen molar-refractivity contribution in [3.8, 4) is 55.6 Å². The smallest absolute Gasteiger partial charge is 0.00261 e. The van der Waals surface area contributed by atoms with E-state index in [1.807, 2.05) is 0 Å². The molecule has 0 heterocycles. The van der Waals surface area contributed by atoms with Crippen LogP contribution in [0.1, 0.15) is 0 Å². The van der Waals surface area contributed by atoms with Gasteiger partial charge in [0.05, 0.1) is 0 Å². The molecule has 0 N–H and O–H groups in total. The van der Waals surface area contributed by atoms with Crippen LogP contribution in [-0.4, -0.2) is 0 Å². The minimum Gasteiger partial charge on any atom is -0.0622 e. The minimum absolute atomic E-state index is 1.21. The van der Waals surface area contributed by atoms with Crippen molar-refractivity contribution < 1.29 is 0 Å². The average molecular weight is 609 g/mol. The molecule has 0 nitrogen and oxygen atoms in total. The highest BCUT2D eigenvalue weighted by Crippen LogP contribution is 2.46. The standard InChI is InChI=1S/C48H32/c1-3-16-33(17-4-1)38-31-30-36(32-46(38)41-24-10-9-23-40(41)39-29-15-21-34-18-7-8-22-37(34)39)48-44-27-13-11-25-42(44)47(35-19-5-2-6-20-35)43-26-12-14-28-45(43)48/h1-32H. The summed E-state index contributed by atoms with van der Waals surface area (Å²) in [5, 5.41) is 7.56. The van der Waals surface area contributed by atoms with Crippen LogP contribution in [0.4, 0.5) is 0 Å². The third-order valence-corrected chi connectivity index (χ3v) is 9.68. The normalized spacial score (nSPS) is 11.3. The maximum Gasteiger partial charge on any atom is -0.00261 e. The average Bonchev–Trinajstić information content (AvgIpc) is 3.17. The van der Waals surface area contributed by atoms with Gasteiger partial charge in [-0.25, -0.2) is 0 Å². The molecule has 0 aromatic heterocycles. The van der Waals surface area contributed by atoms with E-state index in [9.17, 15) is 0 Å². The van der Waals surface area contributed by atoms with Crippen molar-refractivity contribution in [1.82, 2.24) is 0 Å². The highest BCUT2D eigenvalue weighted by atomic mass is 14.2. The molecule has 224 valence electrons. The van der Waals surface area contributed by atoms with Gasteiger partial charge in [-0.15, -0.1) is 0 Å². The molecule has 9 aromatic carbocycles. The zero-order chi connectivity index (χ0) is 31.9. The summed E-state index contributed by atoms with van der Waals surface area (Å²) in [4.78, 5) is 0. The summed E-state index contributed by atoms with van der Waals surface area (Å²) < 4.78 is 0. The molecule has 0 unspecified atom stereocenters. The number of benzene rings is 9. The molecule has 0 bridgehead atoms. The summed E-state index contributed by atoms with van der Waals surface area (Å²) in [6, 6.07) is 70.7. The molecule has 0 aliphatic carbocycles. The van der Waals surface area contributed by atoms with E-state index in [0.717, 1.165) is 0 Å². The first-order valence-corrected chi connectivity index (χ1v) is 16.6. The van der Waals surface area contributed by atoms with Crippen LogP contribution in [0.3, 0.4) is 0 Å². The third kappa shape index (κ3) is 4.70. The van der Waals surface area contributed by atoms with Gasteiger partial charge in [-0.1, -0.05) is 188 Å². The second kappa shape index (κ2) is 11.8. The molecular weight excluding hydrogens is 577 g/mol. The number of rotatable bonds is 5. The van der Waals surface area contributed by atoms with Gasteiger partial charge < -0.3 is 0 Å². The van der Waals surface area contributed by atoms with Crippen molar-refractivity contribution in [2.45, 2.75) is 0 Å². The molecular formula is C48H32. The summed E-state index contributed by atoms with van der Waals surface area (Å²) in [5.41, 5.74) is 12.4. The topological polar surface area (TPSA) is 0 Å². The van der Waals surface area contributed by atoms with Gasteiger partial charge in [0.15, 0.2) is 0 Å². The summed E-state index contributed by atoms with van der Waals surface area (Å²) in [5.74, 6) is 0. The fourth-order valence-electron chi connectivity index (χ4n) is 7.56. The van der Waals surface area contributed by atoms with E-state index in [0.29, 0.717) is 0 Å². The van der Waals surface area contributed by atoms with Crippen LogP contribution in [0.25, 0.3) is 88.0 Å². The van der Waals surface area contributed by atoms with Crippen molar-refractivity contribution in [1.29, 1.82) is 0 Å². The Morgan fingerprint density at radius 2 is 0.646 bits per heavy atom. The van der Waals surface area contributed by atoms with Gasteiger partial charge in [-0.05, 0) is 94.0 Å². The molecule has 0 fully saturated rings. The maximum absolute atomic E-state index is 2.43. The van der Waals surface area contributed by atoms with Crippen LogP contribution in [0, 0.1) is 0 Å². The van der Waals surface area contributed by atoms with Gasteiger partial charge in [-0.2, -0.15) is 0 Å². The van der Waals surface area contributed by atoms with Gasteiger partial charge in [0.25, 0.3) is 0 Å². The fraction of sp³-hybridized carbons (Fsp3) is 0. The first kappa shape index (κ1) is 28.0.